The van der Waals surface area contributed by atoms with Gasteiger partial charge in [0, 0.05) is 19.3 Å². The Morgan fingerprint density at radius 1 is 1.71 bits per heavy atom. The number of nitrogens with zero attached hydrogens (tertiary/aromatic N) is 3. The van der Waals surface area contributed by atoms with E-state index in [9.17, 15) is 4.79 Å². The standard InChI is InChI=1S/C8H12N4O2/c9-6-1-10-12(2-6)5-8(14)11-3-7(13)4-11/h1-2,7,13H,3-5,9H2. The van der Waals surface area contributed by atoms with Crippen molar-refractivity contribution in [2.24, 2.45) is 0 Å². The van der Waals surface area contributed by atoms with Crippen LogP contribution in [0.5, 0.6) is 0 Å². The van der Waals surface area contributed by atoms with Gasteiger partial charge in [-0.25, -0.2) is 0 Å². The predicted molar refractivity (Wildman–Crippen MR) is 49.2 cm³/mol. The summed E-state index contributed by atoms with van der Waals surface area (Å²) in [7, 11) is 0. The lowest BCUT2D eigenvalue weighted by atomic mass is 10.2. The minimum atomic E-state index is -0.360. The molecule has 0 saturated carbocycles. The number of nitrogens with two attached hydrogens (primary N) is 1. The molecule has 0 unspecified atom stereocenters. The van der Waals surface area contributed by atoms with Crippen molar-refractivity contribution in [2.75, 3.05) is 18.8 Å². The van der Waals surface area contributed by atoms with E-state index in [1.54, 1.807) is 11.1 Å². The first-order valence-electron chi connectivity index (χ1n) is 4.39. The van der Waals surface area contributed by atoms with Gasteiger partial charge in [-0.05, 0) is 0 Å². The number of amides is 1. The van der Waals surface area contributed by atoms with Crippen LogP contribution in [0.3, 0.4) is 0 Å². The third-order valence-electron chi connectivity index (χ3n) is 2.17. The van der Waals surface area contributed by atoms with E-state index in [1.807, 2.05) is 0 Å². The number of anilines is 1. The molecule has 0 aromatic carbocycles. The average molecular weight is 196 g/mol. The number of aliphatic hydroxyl groups excluding tert-OH is 1. The molecule has 3 N–H and O–H groups in total. The number of hydrogen-bond acceptors (Lipinski definition) is 4. The third-order valence-corrected chi connectivity index (χ3v) is 2.17. The number of carbonyl (C=O) groups is 1. The first-order chi connectivity index (χ1) is 6.65. The average Bonchev–Trinajstić information content (AvgIpc) is 2.45. The summed E-state index contributed by atoms with van der Waals surface area (Å²) in [5.74, 6) is -0.0431. The van der Waals surface area contributed by atoms with Crippen molar-refractivity contribution in [3.05, 3.63) is 12.4 Å². The zero-order chi connectivity index (χ0) is 10.1. The second-order valence-corrected chi connectivity index (χ2v) is 3.42. The highest BCUT2D eigenvalue weighted by molar-refractivity contribution is 5.76. The van der Waals surface area contributed by atoms with E-state index in [1.165, 1.54) is 10.9 Å². The lowest BCUT2D eigenvalue weighted by molar-refractivity contribution is -0.142. The maximum atomic E-state index is 11.5. The number of hydrogen-bond donors (Lipinski definition) is 2. The predicted octanol–water partition coefficient (Wildman–Crippen LogP) is -1.33. The Kier molecular flexibility index (Phi) is 2.12. The molecule has 0 aliphatic carbocycles. The zero-order valence-electron chi connectivity index (χ0n) is 7.63. The number of aliphatic hydroxyl groups is 1. The Balaban J connectivity index is 1.89. The molecule has 14 heavy (non-hydrogen) atoms. The molecule has 0 radical (unpaired) electrons. The van der Waals surface area contributed by atoms with Crippen molar-refractivity contribution < 1.29 is 9.90 Å². The molecule has 2 rings (SSSR count). The maximum absolute atomic E-state index is 11.5. The maximum Gasteiger partial charge on any atom is 0.244 e. The van der Waals surface area contributed by atoms with Crippen molar-refractivity contribution in [1.82, 2.24) is 14.7 Å². The zero-order valence-corrected chi connectivity index (χ0v) is 7.63. The van der Waals surface area contributed by atoms with Gasteiger partial charge < -0.3 is 15.7 Å². The van der Waals surface area contributed by atoms with E-state index in [2.05, 4.69) is 5.10 Å². The van der Waals surface area contributed by atoms with Crippen LogP contribution in [0.25, 0.3) is 0 Å². The van der Waals surface area contributed by atoms with Crippen molar-refractivity contribution >= 4 is 11.6 Å². The van der Waals surface area contributed by atoms with Gasteiger partial charge in [-0.15, -0.1) is 0 Å². The van der Waals surface area contributed by atoms with Crippen molar-refractivity contribution in [2.45, 2.75) is 12.6 Å². The molecule has 76 valence electrons. The van der Waals surface area contributed by atoms with E-state index in [4.69, 9.17) is 10.8 Å². The number of β-amino-alcohol motifs (C(OH)–C–C–N with tert-alkyl or cyclic N) is 1. The van der Waals surface area contributed by atoms with Gasteiger partial charge in [-0.2, -0.15) is 5.10 Å². The van der Waals surface area contributed by atoms with Gasteiger partial charge in [0.05, 0.1) is 18.0 Å². The van der Waals surface area contributed by atoms with Gasteiger partial charge in [0.15, 0.2) is 0 Å². The second-order valence-electron chi connectivity index (χ2n) is 3.42. The van der Waals surface area contributed by atoms with Crippen LogP contribution in [-0.4, -0.2) is 44.9 Å². The van der Waals surface area contributed by atoms with Crippen molar-refractivity contribution in [1.29, 1.82) is 0 Å². The van der Waals surface area contributed by atoms with Gasteiger partial charge in [-0.1, -0.05) is 0 Å². The molecule has 6 nitrogen and oxygen atoms in total. The Morgan fingerprint density at radius 2 is 2.43 bits per heavy atom. The SMILES string of the molecule is Nc1cnn(CC(=O)N2CC(O)C2)c1. The number of aromatic nitrogens is 2. The summed E-state index contributed by atoms with van der Waals surface area (Å²) in [4.78, 5) is 13.0. The highest BCUT2D eigenvalue weighted by Gasteiger charge is 2.28. The molecule has 1 saturated heterocycles. The topological polar surface area (TPSA) is 84.4 Å². The Bertz CT molecular complexity index is 343. The van der Waals surface area contributed by atoms with Crippen LogP contribution in [0.4, 0.5) is 5.69 Å². The third kappa shape index (κ3) is 1.69. The van der Waals surface area contributed by atoms with Crippen LogP contribution in [0.1, 0.15) is 0 Å². The molecule has 1 aromatic heterocycles. The van der Waals surface area contributed by atoms with Crippen molar-refractivity contribution in [3.8, 4) is 0 Å². The lowest BCUT2D eigenvalue weighted by Crippen LogP contribution is -2.54. The lowest BCUT2D eigenvalue weighted by Gasteiger charge is -2.35. The van der Waals surface area contributed by atoms with E-state index in [0.717, 1.165) is 0 Å². The first-order valence-corrected chi connectivity index (χ1v) is 4.39. The fourth-order valence-corrected chi connectivity index (χ4v) is 1.36. The summed E-state index contributed by atoms with van der Waals surface area (Å²) < 4.78 is 1.49. The summed E-state index contributed by atoms with van der Waals surface area (Å²) in [6, 6.07) is 0. The molecule has 1 aliphatic rings. The fourth-order valence-electron chi connectivity index (χ4n) is 1.36. The van der Waals surface area contributed by atoms with Crippen molar-refractivity contribution in [3.63, 3.8) is 0 Å². The quantitative estimate of drug-likeness (QED) is 0.613. The second kappa shape index (κ2) is 3.30. The molecular weight excluding hydrogens is 184 g/mol. The molecule has 0 spiro atoms. The Morgan fingerprint density at radius 3 is 2.93 bits per heavy atom. The summed E-state index contributed by atoms with van der Waals surface area (Å²) in [6.07, 6.45) is 2.74. The molecule has 2 heterocycles. The van der Waals surface area contributed by atoms with Crippen LogP contribution < -0.4 is 5.73 Å². The van der Waals surface area contributed by atoms with E-state index in [-0.39, 0.29) is 18.6 Å². The number of nitrogen functional groups attached to an aromatic ring is 1. The molecule has 1 aliphatic heterocycles. The summed E-state index contributed by atoms with van der Waals surface area (Å²) in [5.41, 5.74) is 5.99. The number of rotatable bonds is 2. The summed E-state index contributed by atoms with van der Waals surface area (Å²) in [5, 5.41) is 12.9. The normalized spacial score (nSPS) is 16.8. The number of carbonyl (C=O) groups excluding carboxylic acids is 1. The van der Waals surface area contributed by atoms with Crippen LogP contribution >= 0.6 is 0 Å². The summed E-state index contributed by atoms with van der Waals surface area (Å²) >= 11 is 0. The van der Waals surface area contributed by atoms with Gasteiger partial charge >= 0.3 is 0 Å². The van der Waals surface area contributed by atoms with Gasteiger partial charge in [0.25, 0.3) is 0 Å². The Labute approximate surface area is 80.9 Å². The summed E-state index contributed by atoms with van der Waals surface area (Å²) in [6.45, 7) is 1.04. The molecule has 1 aromatic rings. The molecule has 0 atom stereocenters. The monoisotopic (exact) mass is 196 g/mol. The first kappa shape index (κ1) is 9.01. The van der Waals surface area contributed by atoms with Gasteiger partial charge in [0.1, 0.15) is 6.54 Å². The van der Waals surface area contributed by atoms with E-state index in [0.29, 0.717) is 18.8 Å². The minimum Gasteiger partial charge on any atom is -0.396 e. The van der Waals surface area contributed by atoms with Crippen LogP contribution in [0.2, 0.25) is 0 Å². The minimum absolute atomic E-state index is 0.0431. The fraction of sp³-hybridized carbons (Fsp3) is 0.500. The molecular formula is C8H12N4O2. The highest BCUT2D eigenvalue weighted by Crippen LogP contribution is 2.08. The molecule has 1 amide bonds. The highest BCUT2D eigenvalue weighted by atomic mass is 16.3. The number of likely N-dealkylation sites (tertiary alicyclic amines) is 1. The van der Waals surface area contributed by atoms with Crippen LogP contribution in [0.15, 0.2) is 12.4 Å². The van der Waals surface area contributed by atoms with Crippen LogP contribution in [0, 0.1) is 0 Å². The largest absolute Gasteiger partial charge is 0.396 e. The van der Waals surface area contributed by atoms with E-state index >= 15 is 0 Å². The molecule has 1 fully saturated rings. The van der Waals surface area contributed by atoms with Crippen LogP contribution in [-0.2, 0) is 11.3 Å². The van der Waals surface area contributed by atoms with Gasteiger partial charge in [-0.3, -0.25) is 9.48 Å². The smallest absolute Gasteiger partial charge is 0.244 e. The molecule has 6 heteroatoms. The van der Waals surface area contributed by atoms with Gasteiger partial charge in [0.2, 0.25) is 5.91 Å². The Hall–Kier alpha value is -1.56. The van der Waals surface area contributed by atoms with E-state index < -0.39 is 0 Å². The molecule has 0 bridgehead atoms.